The van der Waals surface area contributed by atoms with Crippen LogP contribution >= 0.6 is 0 Å². The molecule has 3 fully saturated rings. The van der Waals surface area contributed by atoms with Crippen LogP contribution in [0.1, 0.15) is 25.7 Å². The molecule has 0 atom stereocenters. The van der Waals surface area contributed by atoms with E-state index in [0.717, 1.165) is 6.42 Å². The van der Waals surface area contributed by atoms with Gasteiger partial charge in [-0.05, 0) is 11.8 Å². The number of halogens is 3. The average molecular weight is 237 g/mol. The number of hydrogen-bond donors (Lipinski definition) is 0. The summed E-state index contributed by atoms with van der Waals surface area (Å²) < 4.78 is 47.9. The van der Waals surface area contributed by atoms with E-state index in [1.807, 2.05) is 0 Å². The molecule has 0 amide bonds. The van der Waals surface area contributed by atoms with E-state index in [4.69, 9.17) is 9.47 Å². The van der Waals surface area contributed by atoms with Crippen molar-refractivity contribution >= 4 is 6.98 Å². The molecule has 0 heterocycles. The van der Waals surface area contributed by atoms with Crippen LogP contribution in [0, 0.1) is 5.41 Å². The second kappa shape index (κ2) is 3.91. The van der Waals surface area contributed by atoms with Gasteiger partial charge in [0.05, 0.1) is 13.2 Å². The van der Waals surface area contributed by atoms with Gasteiger partial charge in [0, 0.05) is 13.7 Å². The van der Waals surface area contributed by atoms with Gasteiger partial charge in [-0.3, -0.25) is 0 Å². The molecule has 3 saturated carbocycles. The Kier molecular flexibility index (Phi) is 2.99. The van der Waals surface area contributed by atoms with Crippen molar-refractivity contribution in [1.82, 2.24) is 0 Å². The monoisotopic (exact) mass is 237 g/mol. The topological polar surface area (TPSA) is 18.5 Å². The molecule has 2 nitrogen and oxygen atoms in total. The highest BCUT2D eigenvalue weighted by molar-refractivity contribution is 6.63. The summed E-state index contributed by atoms with van der Waals surface area (Å²) in [6, 6.07) is 0. The van der Waals surface area contributed by atoms with Crippen molar-refractivity contribution < 1.29 is 22.4 Å². The first-order valence-corrected chi connectivity index (χ1v) is 5.69. The van der Waals surface area contributed by atoms with Crippen molar-refractivity contribution in [2.75, 3.05) is 26.9 Å². The highest BCUT2D eigenvalue weighted by atomic mass is 19.4. The molecule has 94 valence electrons. The van der Waals surface area contributed by atoms with Gasteiger partial charge in [0.15, 0.2) is 0 Å². The van der Waals surface area contributed by atoms with E-state index >= 15 is 0 Å². The molecule has 0 radical (unpaired) electrons. The maximum absolute atomic E-state index is 12.6. The fourth-order valence-electron chi connectivity index (χ4n) is 3.23. The molecular formula is C10H17BF3O2-. The van der Waals surface area contributed by atoms with Crippen LogP contribution in [0.4, 0.5) is 12.9 Å². The van der Waals surface area contributed by atoms with Crippen LogP contribution in [-0.2, 0) is 9.47 Å². The Labute approximate surface area is 93.5 Å². The van der Waals surface area contributed by atoms with Gasteiger partial charge in [-0.1, -0.05) is 24.6 Å². The zero-order valence-corrected chi connectivity index (χ0v) is 9.48. The SMILES string of the molecule is COCCOCCC12CC([B-](F)(F)F)(C1)C2. The lowest BCUT2D eigenvalue weighted by Gasteiger charge is -2.75. The minimum atomic E-state index is -4.63. The molecule has 0 aromatic heterocycles. The summed E-state index contributed by atoms with van der Waals surface area (Å²) >= 11 is 0. The third kappa shape index (κ3) is 1.86. The summed E-state index contributed by atoms with van der Waals surface area (Å²) in [5, 5.41) is -1.26. The lowest BCUT2D eigenvalue weighted by molar-refractivity contribution is -0.130. The summed E-state index contributed by atoms with van der Waals surface area (Å²) in [6.45, 7) is -2.99. The van der Waals surface area contributed by atoms with Gasteiger partial charge >= 0.3 is 6.98 Å². The summed E-state index contributed by atoms with van der Waals surface area (Å²) in [4.78, 5) is 0. The van der Waals surface area contributed by atoms with Crippen LogP contribution in [0.25, 0.3) is 0 Å². The van der Waals surface area contributed by atoms with E-state index in [2.05, 4.69) is 0 Å². The van der Waals surface area contributed by atoms with E-state index < -0.39 is 12.3 Å². The lowest BCUT2D eigenvalue weighted by atomic mass is 9.24. The highest BCUT2D eigenvalue weighted by Crippen LogP contribution is 2.83. The van der Waals surface area contributed by atoms with Gasteiger partial charge in [0.25, 0.3) is 0 Å². The van der Waals surface area contributed by atoms with Crippen molar-refractivity contribution in [2.45, 2.75) is 31.0 Å². The Morgan fingerprint density at radius 3 is 2.19 bits per heavy atom. The molecule has 2 bridgehead atoms. The van der Waals surface area contributed by atoms with Crippen LogP contribution in [0.3, 0.4) is 0 Å². The standard InChI is InChI=1S/C10H17BF3O2/c1-15-4-5-16-3-2-9-6-10(7-9,8-9)11(12,13)14/h2-8H2,1H3/q-1. The Hall–Kier alpha value is -0.225. The van der Waals surface area contributed by atoms with Crippen LogP contribution < -0.4 is 0 Å². The van der Waals surface area contributed by atoms with Crippen LogP contribution in [0.5, 0.6) is 0 Å². The average Bonchev–Trinajstić information content (AvgIpc) is 2.03. The quantitative estimate of drug-likeness (QED) is 0.500. The number of ether oxygens (including phenoxy) is 2. The normalized spacial score (nSPS) is 36.8. The molecule has 16 heavy (non-hydrogen) atoms. The molecule has 3 rings (SSSR count). The zero-order valence-electron chi connectivity index (χ0n) is 9.48. The van der Waals surface area contributed by atoms with Crippen molar-refractivity contribution in [2.24, 2.45) is 5.41 Å². The Morgan fingerprint density at radius 2 is 1.69 bits per heavy atom. The van der Waals surface area contributed by atoms with Gasteiger partial charge in [-0.2, -0.15) is 0 Å². The Balaban J connectivity index is 1.62. The Bertz CT molecular complexity index is 248. The summed E-state index contributed by atoms with van der Waals surface area (Å²) in [5.41, 5.74) is -0.0374. The third-order valence-electron chi connectivity index (χ3n) is 4.08. The maximum atomic E-state index is 12.6. The molecule has 3 aliphatic rings. The smallest absolute Gasteiger partial charge is 0.449 e. The van der Waals surface area contributed by atoms with E-state index in [1.165, 1.54) is 0 Å². The molecule has 0 aromatic rings. The molecule has 0 unspecified atom stereocenters. The third-order valence-corrected chi connectivity index (χ3v) is 4.08. The fraction of sp³-hybridized carbons (Fsp3) is 1.00. The molecule has 0 aliphatic heterocycles. The Morgan fingerprint density at radius 1 is 1.06 bits per heavy atom. The first-order chi connectivity index (χ1) is 7.43. The predicted molar refractivity (Wildman–Crippen MR) is 55.4 cm³/mol. The minimum absolute atomic E-state index is 0.0374. The second-order valence-electron chi connectivity index (χ2n) is 5.32. The maximum Gasteiger partial charge on any atom is 0.484 e. The van der Waals surface area contributed by atoms with Crippen molar-refractivity contribution in [3.8, 4) is 0 Å². The van der Waals surface area contributed by atoms with Crippen molar-refractivity contribution in [3.63, 3.8) is 0 Å². The molecule has 0 aromatic carbocycles. The number of rotatable bonds is 7. The van der Waals surface area contributed by atoms with Gasteiger partial charge in [-0.25, -0.2) is 0 Å². The zero-order chi connectivity index (χ0) is 11.9. The fourth-order valence-corrected chi connectivity index (χ4v) is 3.23. The molecule has 0 spiro atoms. The van der Waals surface area contributed by atoms with Crippen molar-refractivity contribution in [3.05, 3.63) is 0 Å². The first kappa shape index (κ1) is 12.2. The summed E-state index contributed by atoms with van der Waals surface area (Å²) in [6.07, 6.45) is 1.80. The molecular weight excluding hydrogens is 220 g/mol. The van der Waals surface area contributed by atoms with Gasteiger partial charge in [0.1, 0.15) is 0 Å². The molecule has 3 aliphatic carbocycles. The second-order valence-corrected chi connectivity index (χ2v) is 5.32. The summed E-state index contributed by atoms with van der Waals surface area (Å²) in [7, 11) is 1.60. The van der Waals surface area contributed by atoms with Gasteiger partial charge in [-0.15, -0.1) is 0 Å². The van der Waals surface area contributed by atoms with E-state index in [9.17, 15) is 12.9 Å². The van der Waals surface area contributed by atoms with Gasteiger partial charge < -0.3 is 22.4 Å². The minimum Gasteiger partial charge on any atom is -0.449 e. The van der Waals surface area contributed by atoms with E-state index in [1.54, 1.807) is 7.11 Å². The predicted octanol–water partition coefficient (Wildman–Crippen LogP) is 2.81. The van der Waals surface area contributed by atoms with Gasteiger partial charge in [0.2, 0.25) is 0 Å². The highest BCUT2D eigenvalue weighted by Gasteiger charge is 2.73. The molecule has 6 heteroatoms. The van der Waals surface area contributed by atoms with Crippen LogP contribution in [0.15, 0.2) is 0 Å². The first-order valence-electron chi connectivity index (χ1n) is 5.69. The summed E-state index contributed by atoms with van der Waals surface area (Å²) in [5.74, 6) is 0. The molecule has 0 N–H and O–H groups in total. The number of hydrogen-bond acceptors (Lipinski definition) is 2. The lowest BCUT2D eigenvalue weighted by Crippen LogP contribution is -2.65. The van der Waals surface area contributed by atoms with Crippen molar-refractivity contribution in [1.29, 1.82) is 0 Å². The van der Waals surface area contributed by atoms with Crippen LogP contribution in [0.2, 0.25) is 5.31 Å². The van der Waals surface area contributed by atoms with E-state index in [0.29, 0.717) is 39.1 Å². The van der Waals surface area contributed by atoms with Crippen LogP contribution in [-0.4, -0.2) is 33.9 Å². The number of methoxy groups -OCH3 is 1. The van der Waals surface area contributed by atoms with E-state index in [-0.39, 0.29) is 5.41 Å². The molecule has 0 saturated heterocycles. The largest absolute Gasteiger partial charge is 0.484 e.